The summed E-state index contributed by atoms with van der Waals surface area (Å²) < 4.78 is 12.3. The minimum Gasteiger partial charge on any atom is -0.454 e. The Morgan fingerprint density at radius 1 is 1.38 bits per heavy atom. The average molecular weight is 287 g/mol. The van der Waals surface area contributed by atoms with Crippen molar-refractivity contribution in [1.29, 1.82) is 0 Å². The van der Waals surface area contributed by atoms with E-state index < -0.39 is 0 Å². The summed E-state index contributed by atoms with van der Waals surface area (Å²) in [4.78, 5) is 12.2. The van der Waals surface area contributed by atoms with Crippen molar-refractivity contribution in [3.05, 3.63) is 30.1 Å². The molecule has 2 N–H and O–H groups in total. The highest BCUT2D eigenvalue weighted by Crippen LogP contribution is 2.38. The van der Waals surface area contributed by atoms with Crippen LogP contribution in [0, 0.1) is 0 Å². The summed E-state index contributed by atoms with van der Waals surface area (Å²) in [6.07, 6.45) is 1.65. The maximum absolute atomic E-state index is 12.2. The summed E-state index contributed by atoms with van der Waals surface area (Å²) in [7, 11) is 0. The zero-order valence-corrected chi connectivity index (χ0v) is 11.1. The molecular weight excluding hydrogens is 274 g/mol. The van der Waals surface area contributed by atoms with Crippen LogP contribution in [0.5, 0.6) is 11.5 Å². The molecule has 21 heavy (non-hydrogen) atoms. The lowest BCUT2D eigenvalue weighted by atomic mass is 10.2. The number of nitrogens with zero attached hydrogens (tertiary/aromatic N) is 3. The number of benzene rings is 1. The number of hydrogen-bond acceptors (Lipinski definition) is 6. The number of nitrogens with one attached hydrogen (secondary N) is 2. The summed E-state index contributed by atoms with van der Waals surface area (Å²) in [6, 6.07) is 5.61. The van der Waals surface area contributed by atoms with Gasteiger partial charge >= 0.3 is 0 Å². The molecule has 1 fully saturated rings. The first-order valence-electron chi connectivity index (χ1n) is 6.64. The van der Waals surface area contributed by atoms with Crippen LogP contribution in [-0.4, -0.2) is 40.8 Å². The molecule has 2 aliphatic heterocycles. The van der Waals surface area contributed by atoms with Crippen LogP contribution in [0.4, 0.5) is 5.69 Å². The Kier molecular flexibility index (Phi) is 2.74. The van der Waals surface area contributed by atoms with Gasteiger partial charge in [0.05, 0.1) is 17.9 Å². The van der Waals surface area contributed by atoms with E-state index in [9.17, 15) is 4.79 Å². The van der Waals surface area contributed by atoms with Gasteiger partial charge < -0.3 is 20.1 Å². The smallest absolute Gasteiger partial charge is 0.277 e. The molecule has 0 spiro atoms. The van der Waals surface area contributed by atoms with Crippen molar-refractivity contribution in [3.63, 3.8) is 0 Å². The molecular formula is C13H13N5O3. The maximum atomic E-state index is 12.2. The van der Waals surface area contributed by atoms with Crippen molar-refractivity contribution >= 4 is 11.6 Å². The molecule has 2 aliphatic rings. The molecule has 8 nitrogen and oxygen atoms in total. The molecule has 0 atom stereocenters. The van der Waals surface area contributed by atoms with E-state index in [1.54, 1.807) is 29.1 Å². The fraction of sp³-hybridized carbons (Fsp3) is 0.308. The number of carbonyl (C=O) groups is 1. The molecule has 1 amide bonds. The topological polar surface area (TPSA) is 90.3 Å². The molecule has 0 radical (unpaired) electrons. The minimum atomic E-state index is -0.322. The van der Waals surface area contributed by atoms with Crippen LogP contribution >= 0.6 is 0 Å². The number of carbonyl (C=O) groups excluding carboxylic acids is 1. The third-order valence-corrected chi connectivity index (χ3v) is 3.52. The second-order valence-corrected chi connectivity index (χ2v) is 4.89. The zero-order chi connectivity index (χ0) is 14.2. The van der Waals surface area contributed by atoms with E-state index in [4.69, 9.17) is 9.47 Å². The monoisotopic (exact) mass is 287 g/mol. The number of anilines is 1. The van der Waals surface area contributed by atoms with Crippen molar-refractivity contribution in [2.24, 2.45) is 0 Å². The summed E-state index contributed by atoms with van der Waals surface area (Å²) in [5.41, 5.74) is 0.841. The number of amides is 1. The zero-order valence-electron chi connectivity index (χ0n) is 11.1. The van der Waals surface area contributed by atoms with Crippen LogP contribution in [0.25, 0.3) is 0 Å². The van der Waals surface area contributed by atoms with Crippen molar-refractivity contribution in [1.82, 2.24) is 20.3 Å². The van der Waals surface area contributed by atoms with Crippen LogP contribution in [0.3, 0.4) is 0 Å². The second kappa shape index (κ2) is 4.74. The second-order valence-electron chi connectivity index (χ2n) is 4.89. The Hall–Kier alpha value is -2.61. The molecule has 3 heterocycles. The summed E-state index contributed by atoms with van der Waals surface area (Å²) >= 11 is 0. The summed E-state index contributed by atoms with van der Waals surface area (Å²) in [6.45, 7) is 1.86. The maximum Gasteiger partial charge on any atom is 0.277 e. The predicted molar refractivity (Wildman–Crippen MR) is 72.4 cm³/mol. The quantitative estimate of drug-likeness (QED) is 0.849. The van der Waals surface area contributed by atoms with E-state index in [1.165, 1.54) is 0 Å². The summed E-state index contributed by atoms with van der Waals surface area (Å²) in [5.74, 6) is 0.843. The molecule has 108 valence electrons. The number of ether oxygens (including phenoxy) is 2. The molecule has 0 unspecified atom stereocenters. The van der Waals surface area contributed by atoms with Gasteiger partial charge in [0, 0.05) is 13.1 Å². The van der Waals surface area contributed by atoms with Crippen LogP contribution in [0.1, 0.15) is 16.5 Å². The highest BCUT2D eigenvalue weighted by atomic mass is 16.7. The highest BCUT2D eigenvalue weighted by molar-refractivity contribution is 6.03. The van der Waals surface area contributed by atoms with Gasteiger partial charge in [-0.15, -0.1) is 5.10 Å². The lowest BCUT2D eigenvalue weighted by Crippen LogP contribution is -2.43. The normalized spacial score (nSPS) is 16.6. The SMILES string of the molecule is O=C(Nc1cccc2c1OCO2)c1cn(C2CNC2)nn1. The molecule has 2 aromatic rings. The lowest BCUT2D eigenvalue weighted by molar-refractivity contribution is 0.102. The fourth-order valence-corrected chi connectivity index (χ4v) is 2.23. The van der Waals surface area contributed by atoms with Gasteiger partial charge in [0.2, 0.25) is 6.79 Å². The van der Waals surface area contributed by atoms with Crippen LogP contribution in [0.15, 0.2) is 24.4 Å². The van der Waals surface area contributed by atoms with Crippen molar-refractivity contribution < 1.29 is 14.3 Å². The van der Waals surface area contributed by atoms with E-state index in [1.807, 2.05) is 0 Å². The Bertz CT molecular complexity index is 695. The van der Waals surface area contributed by atoms with Gasteiger partial charge in [-0.2, -0.15) is 0 Å². The number of hydrogen-bond donors (Lipinski definition) is 2. The Morgan fingerprint density at radius 2 is 2.29 bits per heavy atom. The Morgan fingerprint density at radius 3 is 3.10 bits per heavy atom. The van der Waals surface area contributed by atoms with E-state index in [0.717, 1.165) is 13.1 Å². The number of para-hydroxylation sites is 1. The first-order chi connectivity index (χ1) is 10.3. The average Bonchev–Trinajstić information content (AvgIpc) is 3.05. The molecule has 8 heteroatoms. The van der Waals surface area contributed by atoms with Gasteiger partial charge in [0.1, 0.15) is 0 Å². The van der Waals surface area contributed by atoms with Gasteiger partial charge in [-0.3, -0.25) is 4.79 Å². The number of fused-ring (bicyclic) bond motifs is 1. The van der Waals surface area contributed by atoms with E-state index in [-0.39, 0.29) is 24.4 Å². The van der Waals surface area contributed by atoms with Gasteiger partial charge in [-0.1, -0.05) is 11.3 Å². The third-order valence-electron chi connectivity index (χ3n) is 3.52. The van der Waals surface area contributed by atoms with Crippen molar-refractivity contribution in [2.75, 3.05) is 25.2 Å². The predicted octanol–water partition coefficient (Wildman–Crippen LogP) is 0.403. The van der Waals surface area contributed by atoms with Crippen LogP contribution in [0.2, 0.25) is 0 Å². The number of aromatic nitrogens is 3. The third kappa shape index (κ3) is 2.09. The minimum absolute atomic E-state index is 0.160. The van der Waals surface area contributed by atoms with Crippen molar-refractivity contribution in [3.8, 4) is 11.5 Å². The Balaban J connectivity index is 1.53. The number of rotatable bonds is 3. The standard InChI is InChI=1S/C13H13N5O3/c19-13(10-6-18(17-16-10)8-4-14-5-8)15-9-2-1-3-11-12(9)21-7-20-11/h1-3,6,8,14H,4-5,7H2,(H,15,19). The van der Waals surface area contributed by atoms with Crippen molar-refractivity contribution in [2.45, 2.75) is 6.04 Å². The highest BCUT2D eigenvalue weighted by Gasteiger charge is 2.23. The lowest BCUT2D eigenvalue weighted by Gasteiger charge is -2.26. The van der Waals surface area contributed by atoms with Gasteiger partial charge in [-0.05, 0) is 12.1 Å². The van der Waals surface area contributed by atoms with Crippen LogP contribution in [-0.2, 0) is 0 Å². The molecule has 1 aromatic carbocycles. The van der Waals surface area contributed by atoms with E-state index in [2.05, 4.69) is 20.9 Å². The molecule has 1 saturated heterocycles. The van der Waals surface area contributed by atoms with E-state index in [0.29, 0.717) is 17.2 Å². The van der Waals surface area contributed by atoms with Gasteiger partial charge in [0.15, 0.2) is 17.2 Å². The first-order valence-corrected chi connectivity index (χ1v) is 6.64. The van der Waals surface area contributed by atoms with Gasteiger partial charge in [-0.25, -0.2) is 4.68 Å². The fourth-order valence-electron chi connectivity index (χ4n) is 2.23. The molecule has 1 aromatic heterocycles. The molecule has 4 rings (SSSR count). The molecule has 0 saturated carbocycles. The molecule has 0 aliphatic carbocycles. The first kappa shape index (κ1) is 12.2. The Labute approximate surface area is 120 Å². The molecule has 0 bridgehead atoms. The van der Waals surface area contributed by atoms with Crippen LogP contribution < -0.4 is 20.1 Å². The summed E-state index contributed by atoms with van der Waals surface area (Å²) in [5, 5.41) is 13.8. The largest absolute Gasteiger partial charge is 0.454 e. The van der Waals surface area contributed by atoms with E-state index >= 15 is 0 Å². The van der Waals surface area contributed by atoms with Gasteiger partial charge in [0.25, 0.3) is 5.91 Å².